The predicted octanol–water partition coefficient (Wildman–Crippen LogP) is 3.39. The van der Waals surface area contributed by atoms with E-state index in [1.54, 1.807) is 14.2 Å². The molecule has 156 valence electrons. The van der Waals surface area contributed by atoms with E-state index in [1.807, 2.05) is 53.4 Å². The molecule has 1 fully saturated rings. The number of methoxy groups -OCH3 is 2. The van der Waals surface area contributed by atoms with Gasteiger partial charge in [-0.15, -0.1) is 0 Å². The van der Waals surface area contributed by atoms with Crippen LogP contribution in [0.2, 0.25) is 0 Å². The van der Waals surface area contributed by atoms with Crippen LogP contribution in [0.3, 0.4) is 0 Å². The lowest BCUT2D eigenvalue weighted by Gasteiger charge is -2.16. The van der Waals surface area contributed by atoms with Crippen LogP contribution >= 0.6 is 0 Å². The average molecular weight is 407 g/mol. The van der Waals surface area contributed by atoms with Crippen LogP contribution in [0.25, 0.3) is 0 Å². The maximum absolute atomic E-state index is 12.5. The molecule has 1 saturated heterocycles. The Kier molecular flexibility index (Phi) is 5.97. The highest BCUT2D eigenvalue weighted by molar-refractivity contribution is 5.79. The number of ether oxygens (including phenoxy) is 2. The van der Waals surface area contributed by atoms with Crippen molar-refractivity contribution in [1.29, 1.82) is 0 Å². The van der Waals surface area contributed by atoms with Crippen LogP contribution < -0.4 is 9.47 Å². The average Bonchev–Trinajstić information content (AvgIpc) is 3.40. The van der Waals surface area contributed by atoms with Gasteiger partial charge in [-0.05, 0) is 41.8 Å². The predicted molar refractivity (Wildman–Crippen MR) is 110 cm³/mol. The van der Waals surface area contributed by atoms with Gasteiger partial charge in [0.25, 0.3) is 0 Å². The fraction of sp³-hybridized carbons (Fsp3) is 0.348. The van der Waals surface area contributed by atoms with Crippen molar-refractivity contribution in [2.24, 2.45) is 0 Å². The summed E-state index contributed by atoms with van der Waals surface area (Å²) in [5.41, 5.74) is 2.25. The number of rotatable bonds is 8. The second-order valence-electron chi connectivity index (χ2n) is 7.42. The van der Waals surface area contributed by atoms with Crippen molar-refractivity contribution in [3.05, 3.63) is 71.4 Å². The molecule has 2 heterocycles. The van der Waals surface area contributed by atoms with Gasteiger partial charge in [0.1, 0.15) is 11.5 Å². The smallest absolute Gasteiger partial charge is 0.226 e. The van der Waals surface area contributed by atoms with Gasteiger partial charge < -0.3 is 18.9 Å². The molecule has 3 aromatic rings. The van der Waals surface area contributed by atoms with E-state index in [0.29, 0.717) is 37.6 Å². The zero-order valence-corrected chi connectivity index (χ0v) is 17.2. The highest BCUT2D eigenvalue weighted by atomic mass is 16.5. The first-order valence-corrected chi connectivity index (χ1v) is 10.0. The van der Waals surface area contributed by atoms with Crippen molar-refractivity contribution in [3.8, 4) is 11.5 Å². The quantitative estimate of drug-likeness (QED) is 0.570. The van der Waals surface area contributed by atoms with Crippen molar-refractivity contribution in [2.75, 3.05) is 20.8 Å². The van der Waals surface area contributed by atoms with E-state index in [-0.39, 0.29) is 11.8 Å². The monoisotopic (exact) mass is 407 g/mol. The fourth-order valence-electron chi connectivity index (χ4n) is 3.63. The third kappa shape index (κ3) is 4.62. The standard InChI is InChI=1S/C23H25N3O4/c1-28-19-8-3-16(4-9-19)7-12-21-24-23(25-30-21)18-13-22(27)26(15-18)14-17-5-10-20(29-2)11-6-17/h3-6,8-11,18H,7,12-15H2,1-2H3. The summed E-state index contributed by atoms with van der Waals surface area (Å²) >= 11 is 0. The first kappa shape index (κ1) is 19.9. The fourth-order valence-corrected chi connectivity index (χ4v) is 3.63. The van der Waals surface area contributed by atoms with Crippen molar-refractivity contribution in [1.82, 2.24) is 15.0 Å². The summed E-state index contributed by atoms with van der Waals surface area (Å²) in [5, 5.41) is 4.13. The number of aromatic nitrogens is 2. The van der Waals surface area contributed by atoms with E-state index in [0.717, 1.165) is 23.5 Å². The second kappa shape index (κ2) is 8.98. The SMILES string of the molecule is COc1ccc(CCc2nc(C3CC(=O)N(Cc4ccc(OC)cc4)C3)no2)cc1. The third-order valence-electron chi connectivity index (χ3n) is 5.38. The van der Waals surface area contributed by atoms with Gasteiger partial charge >= 0.3 is 0 Å². The van der Waals surface area contributed by atoms with Gasteiger partial charge in [-0.2, -0.15) is 4.98 Å². The molecule has 7 nitrogen and oxygen atoms in total. The highest BCUT2D eigenvalue weighted by Gasteiger charge is 2.33. The van der Waals surface area contributed by atoms with E-state index in [1.165, 1.54) is 5.56 Å². The van der Waals surface area contributed by atoms with Gasteiger partial charge in [-0.3, -0.25) is 4.79 Å². The van der Waals surface area contributed by atoms with Crippen LogP contribution in [0.5, 0.6) is 11.5 Å². The Balaban J connectivity index is 1.33. The first-order valence-electron chi connectivity index (χ1n) is 10.0. The molecular formula is C23H25N3O4. The number of likely N-dealkylation sites (tertiary alicyclic amines) is 1. The molecule has 1 aromatic heterocycles. The molecule has 0 bridgehead atoms. The van der Waals surface area contributed by atoms with Crippen LogP contribution in [0.15, 0.2) is 53.1 Å². The van der Waals surface area contributed by atoms with Crippen LogP contribution in [-0.2, 0) is 24.2 Å². The number of benzene rings is 2. The minimum absolute atomic E-state index is 0.0331. The van der Waals surface area contributed by atoms with E-state index in [9.17, 15) is 4.79 Å². The van der Waals surface area contributed by atoms with Gasteiger partial charge in [0.15, 0.2) is 5.82 Å². The summed E-state index contributed by atoms with van der Waals surface area (Å²) in [5.74, 6) is 2.93. The van der Waals surface area contributed by atoms with Crippen molar-refractivity contribution in [2.45, 2.75) is 31.7 Å². The third-order valence-corrected chi connectivity index (χ3v) is 5.38. The Morgan fingerprint density at radius 2 is 1.60 bits per heavy atom. The topological polar surface area (TPSA) is 77.7 Å². The normalized spacial score (nSPS) is 16.1. The first-order chi connectivity index (χ1) is 14.6. The molecule has 0 aliphatic carbocycles. The number of carbonyl (C=O) groups is 1. The number of aryl methyl sites for hydroxylation is 2. The molecule has 1 aliphatic heterocycles. The summed E-state index contributed by atoms with van der Waals surface area (Å²) in [6.45, 7) is 1.17. The summed E-state index contributed by atoms with van der Waals surface area (Å²) in [7, 11) is 3.29. The van der Waals surface area contributed by atoms with Crippen LogP contribution in [0.1, 0.15) is 35.2 Å². The Morgan fingerprint density at radius 1 is 0.967 bits per heavy atom. The Morgan fingerprint density at radius 3 is 2.23 bits per heavy atom. The summed E-state index contributed by atoms with van der Waals surface area (Å²) < 4.78 is 15.8. The maximum Gasteiger partial charge on any atom is 0.226 e. The molecule has 7 heteroatoms. The molecule has 0 spiro atoms. The molecule has 4 rings (SSSR count). The Hall–Kier alpha value is -3.35. The molecule has 1 amide bonds. The lowest BCUT2D eigenvalue weighted by Crippen LogP contribution is -2.24. The molecule has 2 aromatic carbocycles. The maximum atomic E-state index is 12.5. The molecule has 0 N–H and O–H groups in total. The Bertz CT molecular complexity index is 982. The summed E-state index contributed by atoms with van der Waals surface area (Å²) in [4.78, 5) is 18.8. The highest BCUT2D eigenvalue weighted by Crippen LogP contribution is 2.28. The minimum atomic E-state index is -0.0331. The summed E-state index contributed by atoms with van der Waals surface area (Å²) in [6.07, 6.45) is 1.88. The zero-order valence-electron chi connectivity index (χ0n) is 17.2. The van der Waals surface area contributed by atoms with Gasteiger partial charge in [0, 0.05) is 31.8 Å². The lowest BCUT2D eigenvalue weighted by molar-refractivity contribution is -0.128. The minimum Gasteiger partial charge on any atom is -0.497 e. The summed E-state index contributed by atoms with van der Waals surface area (Å²) in [6, 6.07) is 15.7. The molecule has 1 atom stereocenters. The van der Waals surface area contributed by atoms with Crippen molar-refractivity contribution < 1.29 is 18.8 Å². The number of amides is 1. The van der Waals surface area contributed by atoms with E-state index in [4.69, 9.17) is 14.0 Å². The molecular weight excluding hydrogens is 382 g/mol. The van der Waals surface area contributed by atoms with Gasteiger partial charge in [0.05, 0.1) is 14.2 Å². The zero-order chi connectivity index (χ0) is 20.9. The van der Waals surface area contributed by atoms with Crippen LogP contribution in [0.4, 0.5) is 0 Å². The van der Waals surface area contributed by atoms with Gasteiger partial charge in [-0.1, -0.05) is 29.4 Å². The van der Waals surface area contributed by atoms with E-state index < -0.39 is 0 Å². The number of nitrogens with zero attached hydrogens (tertiary/aromatic N) is 3. The second-order valence-corrected chi connectivity index (χ2v) is 7.42. The van der Waals surface area contributed by atoms with Gasteiger partial charge in [0.2, 0.25) is 11.8 Å². The van der Waals surface area contributed by atoms with E-state index >= 15 is 0 Å². The molecule has 1 unspecified atom stereocenters. The number of hydrogen-bond acceptors (Lipinski definition) is 6. The molecule has 30 heavy (non-hydrogen) atoms. The van der Waals surface area contributed by atoms with Crippen LogP contribution in [-0.4, -0.2) is 41.7 Å². The van der Waals surface area contributed by atoms with E-state index in [2.05, 4.69) is 10.1 Å². The number of carbonyl (C=O) groups excluding carboxylic acids is 1. The Labute approximate surface area is 175 Å². The molecule has 0 radical (unpaired) electrons. The molecule has 0 saturated carbocycles. The number of hydrogen-bond donors (Lipinski definition) is 0. The van der Waals surface area contributed by atoms with Crippen molar-refractivity contribution in [3.63, 3.8) is 0 Å². The largest absolute Gasteiger partial charge is 0.497 e. The van der Waals surface area contributed by atoms with Crippen LogP contribution in [0, 0.1) is 0 Å². The van der Waals surface area contributed by atoms with Crippen molar-refractivity contribution >= 4 is 5.91 Å². The molecule has 1 aliphatic rings. The van der Waals surface area contributed by atoms with Gasteiger partial charge in [-0.25, -0.2) is 0 Å². The lowest BCUT2D eigenvalue weighted by atomic mass is 10.1.